The predicted molar refractivity (Wildman–Crippen MR) is 105 cm³/mol. The summed E-state index contributed by atoms with van der Waals surface area (Å²) in [5.41, 5.74) is 1.15. The molecule has 1 fully saturated rings. The highest BCUT2D eigenvalue weighted by atomic mass is 32.2. The van der Waals surface area contributed by atoms with Gasteiger partial charge in [0.15, 0.2) is 5.78 Å². The van der Waals surface area contributed by atoms with Crippen LogP contribution in [0.15, 0.2) is 46.1 Å². The van der Waals surface area contributed by atoms with Crippen molar-refractivity contribution in [2.45, 2.75) is 37.7 Å². The van der Waals surface area contributed by atoms with Crippen LogP contribution in [0.1, 0.15) is 35.8 Å². The Bertz CT molecular complexity index is 1030. The van der Waals surface area contributed by atoms with Crippen molar-refractivity contribution in [2.24, 2.45) is 7.05 Å². The molecule has 0 aliphatic carbocycles. The second-order valence-corrected chi connectivity index (χ2v) is 8.97. The van der Waals surface area contributed by atoms with Crippen molar-refractivity contribution >= 4 is 15.8 Å². The van der Waals surface area contributed by atoms with E-state index in [2.05, 4.69) is 0 Å². The van der Waals surface area contributed by atoms with Gasteiger partial charge in [0.25, 0.3) is 5.56 Å². The fourth-order valence-electron chi connectivity index (χ4n) is 3.20. The van der Waals surface area contributed by atoms with Crippen LogP contribution in [0.4, 0.5) is 0 Å². The maximum absolute atomic E-state index is 12.8. The molecule has 0 unspecified atom stereocenters. The first-order valence-electron chi connectivity index (χ1n) is 9.14. The van der Waals surface area contributed by atoms with Crippen molar-refractivity contribution in [1.82, 2.24) is 8.87 Å². The van der Waals surface area contributed by atoms with E-state index in [0.717, 1.165) is 5.69 Å². The van der Waals surface area contributed by atoms with E-state index >= 15 is 0 Å². The number of benzene rings is 1. The van der Waals surface area contributed by atoms with Crippen molar-refractivity contribution in [3.8, 4) is 5.75 Å². The Labute approximate surface area is 164 Å². The molecule has 0 saturated carbocycles. The Morgan fingerprint density at radius 3 is 2.25 bits per heavy atom. The highest BCUT2D eigenvalue weighted by Gasteiger charge is 2.30. The zero-order valence-electron chi connectivity index (χ0n) is 16.2. The van der Waals surface area contributed by atoms with Crippen LogP contribution < -0.4 is 10.3 Å². The Morgan fingerprint density at radius 1 is 1.11 bits per heavy atom. The largest absolute Gasteiger partial charge is 0.490 e. The summed E-state index contributed by atoms with van der Waals surface area (Å²) < 4.78 is 34.5. The summed E-state index contributed by atoms with van der Waals surface area (Å²) in [5, 5.41) is 0. The Kier molecular flexibility index (Phi) is 5.71. The van der Waals surface area contributed by atoms with Gasteiger partial charge >= 0.3 is 0 Å². The number of nitrogens with zero attached hydrogens (tertiary/aromatic N) is 2. The lowest BCUT2D eigenvalue weighted by molar-refractivity contribution is 0.101. The quantitative estimate of drug-likeness (QED) is 0.713. The SMILES string of the molecule is CC(=O)c1ccc(S(=O)(=O)N2CCC(Oc3cc(C)n(C)c(=O)c3)CC2)cc1. The van der Waals surface area contributed by atoms with Crippen LogP contribution in [0.2, 0.25) is 0 Å². The lowest BCUT2D eigenvalue weighted by Gasteiger charge is -2.31. The Morgan fingerprint density at radius 2 is 1.71 bits per heavy atom. The third-order valence-corrected chi connectivity index (χ3v) is 6.99. The van der Waals surface area contributed by atoms with Crippen molar-refractivity contribution < 1.29 is 17.9 Å². The van der Waals surface area contributed by atoms with Gasteiger partial charge in [-0.3, -0.25) is 9.59 Å². The number of ether oxygens (including phenoxy) is 1. The molecule has 1 aliphatic heterocycles. The van der Waals surface area contributed by atoms with Gasteiger partial charge in [-0.15, -0.1) is 0 Å². The number of ketones is 1. The molecule has 8 heteroatoms. The van der Waals surface area contributed by atoms with Gasteiger partial charge in [-0.25, -0.2) is 8.42 Å². The van der Waals surface area contributed by atoms with Gasteiger partial charge in [0.2, 0.25) is 10.0 Å². The molecule has 3 rings (SSSR count). The molecule has 7 nitrogen and oxygen atoms in total. The zero-order chi connectivity index (χ0) is 20.5. The summed E-state index contributed by atoms with van der Waals surface area (Å²) in [7, 11) is -1.90. The van der Waals surface area contributed by atoms with Crippen LogP contribution in [0.3, 0.4) is 0 Å². The third-order valence-electron chi connectivity index (χ3n) is 5.08. The monoisotopic (exact) mass is 404 g/mol. The van der Waals surface area contributed by atoms with Gasteiger partial charge in [0.05, 0.1) is 4.90 Å². The minimum atomic E-state index is -3.61. The fourth-order valence-corrected chi connectivity index (χ4v) is 4.67. The molecule has 1 aromatic heterocycles. The Balaban J connectivity index is 1.66. The van der Waals surface area contributed by atoms with Crippen LogP contribution in [-0.2, 0) is 17.1 Å². The molecular weight excluding hydrogens is 380 g/mol. The molecule has 1 aromatic carbocycles. The topological polar surface area (TPSA) is 85.7 Å². The van der Waals surface area contributed by atoms with Crippen LogP contribution >= 0.6 is 0 Å². The van der Waals surface area contributed by atoms with Gasteiger partial charge in [0, 0.05) is 37.5 Å². The van der Waals surface area contributed by atoms with E-state index in [1.54, 1.807) is 17.7 Å². The number of hydrogen-bond donors (Lipinski definition) is 0. The van der Waals surface area contributed by atoms with E-state index in [1.165, 1.54) is 41.6 Å². The van der Waals surface area contributed by atoms with Gasteiger partial charge in [-0.2, -0.15) is 4.31 Å². The standard InChI is InChI=1S/C20H24N2O5S/c1-14-12-18(13-20(24)21(14)3)27-17-8-10-22(11-9-17)28(25,26)19-6-4-16(5-7-19)15(2)23/h4-7,12-13,17H,8-11H2,1-3H3. The summed E-state index contributed by atoms with van der Waals surface area (Å²) >= 11 is 0. The first-order valence-corrected chi connectivity index (χ1v) is 10.6. The summed E-state index contributed by atoms with van der Waals surface area (Å²) in [6, 6.07) is 9.26. The second kappa shape index (κ2) is 7.89. The van der Waals surface area contributed by atoms with Crippen LogP contribution in [-0.4, -0.2) is 42.3 Å². The lowest BCUT2D eigenvalue weighted by Crippen LogP contribution is -2.41. The predicted octanol–water partition coefficient (Wildman–Crippen LogP) is 2.13. The van der Waals surface area contributed by atoms with Crippen molar-refractivity contribution in [2.75, 3.05) is 13.1 Å². The molecule has 1 saturated heterocycles. The zero-order valence-corrected chi connectivity index (χ0v) is 17.0. The summed E-state index contributed by atoms with van der Waals surface area (Å²) in [6.45, 7) is 3.95. The number of aromatic nitrogens is 1. The molecule has 28 heavy (non-hydrogen) atoms. The van der Waals surface area contributed by atoms with E-state index in [0.29, 0.717) is 37.2 Å². The van der Waals surface area contributed by atoms with E-state index in [1.807, 2.05) is 6.92 Å². The minimum Gasteiger partial charge on any atom is -0.490 e. The first-order chi connectivity index (χ1) is 13.2. The number of rotatable bonds is 5. The van der Waals surface area contributed by atoms with Crippen LogP contribution in [0.5, 0.6) is 5.75 Å². The van der Waals surface area contributed by atoms with E-state index < -0.39 is 10.0 Å². The van der Waals surface area contributed by atoms with Crippen molar-refractivity contribution in [3.05, 3.63) is 58.0 Å². The average Bonchev–Trinajstić information content (AvgIpc) is 2.66. The highest BCUT2D eigenvalue weighted by molar-refractivity contribution is 7.89. The molecule has 150 valence electrons. The summed E-state index contributed by atoms with van der Waals surface area (Å²) in [4.78, 5) is 23.4. The number of carbonyl (C=O) groups is 1. The normalized spacial score (nSPS) is 16.1. The molecule has 0 N–H and O–H groups in total. The molecule has 2 heterocycles. The third kappa shape index (κ3) is 4.18. The van der Waals surface area contributed by atoms with Gasteiger partial charge in [0.1, 0.15) is 11.9 Å². The average molecular weight is 404 g/mol. The van der Waals surface area contributed by atoms with Gasteiger partial charge in [-0.1, -0.05) is 12.1 Å². The summed E-state index contributed by atoms with van der Waals surface area (Å²) in [6.07, 6.45) is 0.941. The lowest BCUT2D eigenvalue weighted by atomic mass is 10.1. The number of carbonyl (C=O) groups excluding carboxylic acids is 1. The van der Waals surface area contributed by atoms with Crippen LogP contribution in [0.25, 0.3) is 0 Å². The smallest absolute Gasteiger partial charge is 0.254 e. The Hall–Kier alpha value is -2.45. The molecular formula is C20H24N2O5S. The molecule has 0 atom stereocenters. The number of piperidine rings is 1. The van der Waals surface area contributed by atoms with Crippen molar-refractivity contribution in [3.63, 3.8) is 0 Å². The minimum absolute atomic E-state index is 0.104. The number of Topliss-reactive ketones (excluding diaryl/α,β-unsaturated/α-hetero) is 1. The molecule has 2 aromatic rings. The molecule has 0 radical (unpaired) electrons. The maximum atomic E-state index is 12.8. The van der Waals surface area contributed by atoms with Crippen LogP contribution in [0, 0.1) is 6.92 Å². The molecule has 0 spiro atoms. The highest BCUT2D eigenvalue weighted by Crippen LogP contribution is 2.24. The van der Waals surface area contributed by atoms with E-state index in [-0.39, 0.29) is 22.3 Å². The summed E-state index contributed by atoms with van der Waals surface area (Å²) in [5.74, 6) is 0.412. The number of hydrogen-bond acceptors (Lipinski definition) is 5. The number of sulfonamides is 1. The van der Waals surface area contributed by atoms with E-state index in [4.69, 9.17) is 4.74 Å². The number of aryl methyl sites for hydroxylation is 1. The molecule has 0 amide bonds. The molecule has 1 aliphatic rings. The number of pyridine rings is 1. The second-order valence-electron chi connectivity index (χ2n) is 7.03. The fraction of sp³-hybridized carbons (Fsp3) is 0.400. The van der Waals surface area contributed by atoms with Gasteiger partial charge < -0.3 is 9.30 Å². The van der Waals surface area contributed by atoms with E-state index in [9.17, 15) is 18.0 Å². The first kappa shape index (κ1) is 20.3. The van der Waals surface area contributed by atoms with Crippen molar-refractivity contribution in [1.29, 1.82) is 0 Å². The molecule has 0 bridgehead atoms. The van der Waals surface area contributed by atoms with Gasteiger partial charge in [-0.05, 0) is 44.9 Å². The maximum Gasteiger partial charge on any atom is 0.254 e.